The first-order chi connectivity index (χ1) is 12.2. The van der Waals surface area contributed by atoms with E-state index in [-0.39, 0.29) is 5.91 Å². The lowest BCUT2D eigenvalue weighted by atomic mass is 9.99. The van der Waals surface area contributed by atoms with Crippen LogP contribution in [0.3, 0.4) is 0 Å². The zero-order valence-electron chi connectivity index (χ0n) is 16.2. The van der Waals surface area contributed by atoms with Gasteiger partial charge in [0, 0.05) is 11.6 Å². The van der Waals surface area contributed by atoms with Crippen LogP contribution in [-0.4, -0.2) is 33.2 Å². The molecule has 26 heavy (non-hydrogen) atoms. The van der Waals surface area contributed by atoms with E-state index in [1.807, 2.05) is 0 Å². The van der Waals surface area contributed by atoms with E-state index in [0.717, 1.165) is 31.9 Å². The van der Waals surface area contributed by atoms with Gasteiger partial charge in [-0.2, -0.15) is 0 Å². The third-order valence-electron chi connectivity index (χ3n) is 4.50. The van der Waals surface area contributed by atoms with Crippen molar-refractivity contribution in [1.82, 2.24) is 5.32 Å². The van der Waals surface area contributed by atoms with Gasteiger partial charge >= 0.3 is 0 Å². The van der Waals surface area contributed by atoms with E-state index in [1.165, 1.54) is 4.31 Å². The SMILES string of the molecule is CCCCC(CC)CNC(=O)C(CC)N(c1cccc(Cl)c1)S(C)(=O)=O. The lowest BCUT2D eigenvalue weighted by Gasteiger charge is -2.30. The Morgan fingerprint density at radius 2 is 1.92 bits per heavy atom. The predicted octanol–water partition coefficient (Wildman–Crippen LogP) is 4.22. The summed E-state index contributed by atoms with van der Waals surface area (Å²) in [6, 6.07) is 5.77. The highest BCUT2D eigenvalue weighted by Gasteiger charge is 2.31. The molecule has 0 saturated carbocycles. The molecular weight excluding hydrogens is 372 g/mol. The summed E-state index contributed by atoms with van der Waals surface area (Å²) < 4.78 is 25.9. The Hall–Kier alpha value is -1.27. The molecule has 0 aliphatic rings. The van der Waals surface area contributed by atoms with Crippen LogP contribution in [-0.2, 0) is 14.8 Å². The van der Waals surface area contributed by atoms with Gasteiger partial charge in [0.1, 0.15) is 6.04 Å². The third-order valence-corrected chi connectivity index (χ3v) is 5.92. The summed E-state index contributed by atoms with van der Waals surface area (Å²) >= 11 is 6.01. The quantitative estimate of drug-likeness (QED) is 0.602. The van der Waals surface area contributed by atoms with E-state index in [4.69, 9.17) is 11.6 Å². The minimum Gasteiger partial charge on any atom is -0.354 e. The van der Waals surface area contributed by atoms with Crippen molar-refractivity contribution in [3.63, 3.8) is 0 Å². The molecule has 2 unspecified atom stereocenters. The van der Waals surface area contributed by atoms with Crippen LogP contribution >= 0.6 is 11.6 Å². The van der Waals surface area contributed by atoms with Crippen molar-refractivity contribution in [2.75, 3.05) is 17.1 Å². The second-order valence-electron chi connectivity index (χ2n) is 6.62. The van der Waals surface area contributed by atoms with Crippen molar-refractivity contribution < 1.29 is 13.2 Å². The number of nitrogens with one attached hydrogen (secondary N) is 1. The Morgan fingerprint density at radius 1 is 1.23 bits per heavy atom. The molecule has 0 bridgehead atoms. The van der Waals surface area contributed by atoms with Crippen LogP contribution in [0.1, 0.15) is 52.9 Å². The third kappa shape index (κ3) is 6.80. The van der Waals surface area contributed by atoms with Gasteiger partial charge in [-0.1, -0.05) is 57.7 Å². The van der Waals surface area contributed by atoms with Gasteiger partial charge in [0.2, 0.25) is 15.9 Å². The fourth-order valence-corrected chi connectivity index (χ4v) is 4.37. The molecule has 0 spiro atoms. The highest BCUT2D eigenvalue weighted by molar-refractivity contribution is 7.92. The summed E-state index contributed by atoms with van der Waals surface area (Å²) in [5.41, 5.74) is 0.403. The molecule has 148 valence electrons. The molecule has 1 aromatic carbocycles. The fourth-order valence-electron chi connectivity index (χ4n) is 2.98. The van der Waals surface area contributed by atoms with Crippen molar-refractivity contribution in [3.05, 3.63) is 29.3 Å². The van der Waals surface area contributed by atoms with Gasteiger partial charge in [0.05, 0.1) is 11.9 Å². The number of hydrogen-bond acceptors (Lipinski definition) is 3. The van der Waals surface area contributed by atoms with Crippen LogP contribution in [0.15, 0.2) is 24.3 Å². The highest BCUT2D eigenvalue weighted by Crippen LogP contribution is 2.25. The van der Waals surface area contributed by atoms with Gasteiger partial charge in [0.15, 0.2) is 0 Å². The number of rotatable bonds is 11. The van der Waals surface area contributed by atoms with Crippen molar-refractivity contribution in [3.8, 4) is 0 Å². The largest absolute Gasteiger partial charge is 0.354 e. The summed E-state index contributed by atoms with van der Waals surface area (Å²) in [5.74, 6) is 0.141. The molecule has 0 heterocycles. The van der Waals surface area contributed by atoms with Gasteiger partial charge in [-0.15, -0.1) is 0 Å². The maximum atomic E-state index is 12.8. The molecule has 7 heteroatoms. The summed E-state index contributed by atoms with van der Waals surface area (Å²) in [5, 5.41) is 3.38. The molecule has 5 nitrogen and oxygen atoms in total. The molecule has 0 fully saturated rings. The smallest absolute Gasteiger partial charge is 0.243 e. The molecule has 1 rings (SSSR count). The average molecular weight is 403 g/mol. The van der Waals surface area contributed by atoms with E-state index in [2.05, 4.69) is 19.2 Å². The van der Waals surface area contributed by atoms with Gasteiger partial charge in [0.25, 0.3) is 0 Å². The van der Waals surface area contributed by atoms with Gasteiger partial charge in [-0.25, -0.2) is 8.42 Å². The number of carbonyl (C=O) groups is 1. The van der Waals surface area contributed by atoms with Gasteiger partial charge < -0.3 is 5.32 Å². The topological polar surface area (TPSA) is 66.5 Å². The molecule has 2 atom stereocenters. The maximum absolute atomic E-state index is 12.8. The standard InChI is InChI=1S/C19H31ClN2O3S/c1-5-8-10-15(6-2)14-21-19(23)18(7-3)22(26(4,24)25)17-12-9-11-16(20)13-17/h9,11-13,15,18H,5-8,10,14H2,1-4H3,(H,21,23). The first-order valence-electron chi connectivity index (χ1n) is 9.27. The van der Waals surface area contributed by atoms with E-state index < -0.39 is 16.1 Å². The van der Waals surface area contributed by atoms with E-state index in [1.54, 1.807) is 31.2 Å². The predicted molar refractivity (Wildman–Crippen MR) is 109 cm³/mol. The van der Waals surface area contributed by atoms with Crippen LogP contribution in [0, 0.1) is 5.92 Å². The maximum Gasteiger partial charge on any atom is 0.243 e. The monoisotopic (exact) mass is 402 g/mol. The zero-order valence-corrected chi connectivity index (χ0v) is 17.7. The zero-order chi connectivity index (χ0) is 19.7. The summed E-state index contributed by atoms with van der Waals surface area (Å²) in [6.45, 7) is 6.63. The number of halogens is 1. The first-order valence-corrected chi connectivity index (χ1v) is 11.5. The molecule has 0 aliphatic carbocycles. The van der Waals surface area contributed by atoms with E-state index >= 15 is 0 Å². The average Bonchev–Trinajstić information content (AvgIpc) is 2.58. The molecule has 0 saturated heterocycles. The van der Waals surface area contributed by atoms with Crippen molar-refractivity contribution >= 4 is 33.2 Å². The number of amides is 1. The Kier molecular flexibility index (Phi) is 9.44. The number of sulfonamides is 1. The molecule has 0 radical (unpaired) electrons. The summed E-state index contributed by atoms with van der Waals surface area (Å²) in [7, 11) is -3.64. The van der Waals surface area contributed by atoms with Crippen LogP contribution < -0.4 is 9.62 Å². The number of benzene rings is 1. The van der Waals surface area contributed by atoms with Crippen LogP contribution in [0.25, 0.3) is 0 Å². The Morgan fingerprint density at radius 3 is 2.42 bits per heavy atom. The lowest BCUT2D eigenvalue weighted by Crippen LogP contribution is -2.50. The Labute approximate surface area is 163 Å². The number of nitrogens with zero attached hydrogens (tertiary/aromatic N) is 1. The number of unbranched alkanes of at least 4 members (excludes halogenated alkanes) is 1. The van der Waals surface area contributed by atoms with Crippen LogP contribution in [0.4, 0.5) is 5.69 Å². The van der Waals surface area contributed by atoms with Crippen molar-refractivity contribution in [1.29, 1.82) is 0 Å². The minimum atomic E-state index is -3.64. The number of hydrogen-bond donors (Lipinski definition) is 1. The minimum absolute atomic E-state index is 0.271. The van der Waals surface area contributed by atoms with Crippen LogP contribution in [0.5, 0.6) is 0 Å². The van der Waals surface area contributed by atoms with Crippen molar-refractivity contribution in [2.45, 2.75) is 58.9 Å². The normalized spacial score (nSPS) is 13.9. The molecule has 1 aromatic rings. The van der Waals surface area contributed by atoms with Crippen molar-refractivity contribution in [2.24, 2.45) is 5.92 Å². The Bertz CT molecular complexity index is 679. The fraction of sp³-hybridized carbons (Fsp3) is 0.632. The molecule has 1 N–H and O–H groups in total. The van der Waals surface area contributed by atoms with E-state index in [0.29, 0.717) is 29.6 Å². The lowest BCUT2D eigenvalue weighted by molar-refractivity contribution is -0.122. The van der Waals surface area contributed by atoms with Gasteiger partial charge in [-0.3, -0.25) is 9.10 Å². The molecule has 0 aliphatic heterocycles. The second kappa shape index (κ2) is 10.8. The van der Waals surface area contributed by atoms with Gasteiger partial charge in [-0.05, 0) is 37.0 Å². The highest BCUT2D eigenvalue weighted by atomic mass is 35.5. The van der Waals surface area contributed by atoms with Crippen LogP contribution in [0.2, 0.25) is 5.02 Å². The number of carbonyl (C=O) groups excluding carboxylic acids is 1. The molecular formula is C19H31ClN2O3S. The Balaban J connectivity index is 2.98. The van der Waals surface area contributed by atoms with E-state index in [9.17, 15) is 13.2 Å². The number of anilines is 1. The summed E-state index contributed by atoms with van der Waals surface area (Å²) in [6.07, 6.45) is 5.79. The first kappa shape index (κ1) is 22.8. The second-order valence-corrected chi connectivity index (χ2v) is 8.92. The molecule has 0 aromatic heterocycles. The summed E-state index contributed by atoms with van der Waals surface area (Å²) in [4.78, 5) is 12.8. The molecule has 1 amide bonds.